The molecule has 2 saturated heterocycles. The number of nitrogens with zero attached hydrogens (tertiary/aromatic N) is 5. The highest BCUT2D eigenvalue weighted by Gasteiger charge is 2.34. The molecule has 1 aliphatic carbocycles. The van der Waals surface area contributed by atoms with Crippen LogP contribution in [0.15, 0.2) is 12.1 Å². The lowest BCUT2D eigenvalue weighted by Crippen LogP contribution is -2.49. The van der Waals surface area contributed by atoms with E-state index in [0.717, 1.165) is 63.7 Å². The third-order valence-electron chi connectivity index (χ3n) is 4.91. The first-order valence-electron chi connectivity index (χ1n) is 8.44. The zero-order chi connectivity index (χ0) is 14.9. The summed E-state index contributed by atoms with van der Waals surface area (Å²) in [5.41, 5.74) is 0. The molecule has 118 valence electrons. The van der Waals surface area contributed by atoms with Crippen LogP contribution in [-0.2, 0) is 4.79 Å². The Balaban J connectivity index is 1.35. The van der Waals surface area contributed by atoms with Gasteiger partial charge >= 0.3 is 0 Å². The number of piperazine rings is 1. The third-order valence-corrected chi connectivity index (χ3v) is 4.91. The first kappa shape index (κ1) is 13.8. The average Bonchev–Trinajstić information content (AvgIpc) is 3.29. The van der Waals surface area contributed by atoms with Gasteiger partial charge in [0, 0.05) is 45.2 Å². The quantitative estimate of drug-likeness (QED) is 0.838. The van der Waals surface area contributed by atoms with Crippen LogP contribution in [-0.4, -0.2) is 60.3 Å². The summed E-state index contributed by atoms with van der Waals surface area (Å²) in [6.07, 6.45) is 4.67. The molecular formula is C16H23N5O. The number of carbonyl (C=O) groups is 1. The molecule has 0 aromatic carbocycles. The summed E-state index contributed by atoms with van der Waals surface area (Å²) in [7, 11) is 0. The van der Waals surface area contributed by atoms with Crippen molar-refractivity contribution in [1.82, 2.24) is 15.1 Å². The Kier molecular flexibility index (Phi) is 3.60. The molecule has 4 rings (SSSR count). The molecule has 1 aromatic heterocycles. The van der Waals surface area contributed by atoms with Gasteiger partial charge < -0.3 is 14.7 Å². The summed E-state index contributed by atoms with van der Waals surface area (Å²) in [6.45, 7) is 5.52. The third kappa shape index (κ3) is 2.74. The van der Waals surface area contributed by atoms with Crippen LogP contribution in [0.2, 0.25) is 0 Å². The fourth-order valence-electron chi connectivity index (χ4n) is 3.35. The van der Waals surface area contributed by atoms with Gasteiger partial charge in [-0.1, -0.05) is 0 Å². The van der Waals surface area contributed by atoms with Crippen LogP contribution >= 0.6 is 0 Å². The second-order valence-electron chi connectivity index (χ2n) is 6.53. The van der Waals surface area contributed by atoms with Crippen molar-refractivity contribution in [3.05, 3.63) is 12.1 Å². The molecule has 0 radical (unpaired) electrons. The zero-order valence-corrected chi connectivity index (χ0v) is 12.9. The number of hydrogen-bond acceptors (Lipinski definition) is 5. The zero-order valence-electron chi connectivity index (χ0n) is 12.9. The highest BCUT2D eigenvalue weighted by atomic mass is 16.2. The van der Waals surface area contributed by atoms with Crippen molar-refractivity contribution >= 4 is 17.5 Å². The van der Waals surface area contributed by atoms with Gasteiger partial charge in [0.15, 0.2) is 11.6 Å². The molecule has 1 amide bonds. The first-order chi connectivity index (χ1) is 10.8. The molecule has 0 N–H and O–H groups in total. The molecule has 6 nitrogen and oxygen atoms in total. The molecule has 0 spiro atoms. The van der Waals surface area contributed by atoms with Crippen molar-refractivity contribution in [2.75, 3.05) is 49.1 Å². The van der Waals surface area contributed by atoms with Gasteiger partial charge in [0.1, 0.15) is 0 Å². The Hall–Kier alpha value is -1.85. The molecule has 1 aromatic rings. The molecule has 3 aliphatic rings. The van der Waals surface area contributed by atoms with Gasteiger partial charge in [-0.05, 0) is 37.8 Å². The van der Waals surface area contributed by atoms with Crippen molar-refractivity contribution in [1.29, 1.82) is 0 Å². The van der Waals surface area contributed by atoms with Crippen molar-refractivity contribution in [3.8, 4) is 0 Å². The maximum absolute atomic E-state index is 12.1. The molecule has 2 aliphatic heterocycles. The van der Waals surface area contributed by atoms with Crippen LogP contribution in [0, 0.1) is 5.92 Å². The second-order valence-corrected chi connectivity index (χ2v) is 6.53. The fourth-order valence-corrected chi connectivity index (χ4v) is 3.35. The standard InChI is InChI=1S/C16H23N5O/c22-16(13-3-4-13)21-11-9-20(10-12-21)15-6-5-14(17-18-15)19-7-1-2-8-19/h5-6,13H,1-4,7-12H2. The van der Waals surface area contributed by atoms with E-state index in [-0.39, 0.29) is 0 Å². The molecule has 6 heteroatoms. The normalized spacial score (nSPS) is 22.3. The van der Waals surface area contributed by atoms with Crippen LogP contribution in [0.3, 0.4) is 0 Å². The summed E-state index contributed by atoms with van der Waals surface area (Å²) < 4.78 is 0. The number of hydrogen-bond donors (Lipinski definition) is 0. The minimum atomic E-state index is 0.325. The SMILES string of the molecule is O=C(C1CC1)N1CCN(c2ccc(N3CCCC3)nn2)CC1. The summed E-state index contributed by atoms with van der Waals surface area (Å²) in [5.74, 6) is 2.60. The second kappa shape index (κ2) is 5.74. The van der Waals surface area contributed by atoms with Crippen molar-refractivity contribution in [3.63, 3.8) is 0 Å². The largest absolute Gasteiger partial charge is 0.355 e. The molecular weight excluding hydrogens is 278 g/mol. The minimum Gasteiger partial charge on any atom is -0.355 e. The Bertz CT molecular complexity index is 528. The van der Waals surface area contributed by atoms with Gasteiger partial charge in [-0.2, -0.15) is 0 Å². The van der Waals surface area contributed by atoms with Crippen LogP contribution in [0.4, 0.5) is 11.6 Å². The molecule has 1 saturated carbocycles. The monoisotopic (exact) mass is 301 g/mol. The first-order valence-corrected chi connectivity index (χ1v) is 8.44. The summed E-state index contributed by atoms with van der Waals surface area (Å²) in [5, 5.41) is 8.78. The predicted octanol–water partition coefficient (Wildman–Crippen LogP) is 1.14. The summed E-state index contributed by atoms with van der Waals surface area (Å²) in [4.78, 5) is 18.6. The lowest BCUT2D eigenvalue weighted by atomic mass is 10.2. The van der Waals surface area contributed by atoms with Crippen molar-refractivity contribution in [2.45, 2.75) is 25.7 Å². The lowest BCUT2D eigenvalue weighted by Gasteiger charge is -2.35. The minimum absolute atomic E-state index is 0.325. The average molecular weight is 301 g/mol. The fraction of sp³-hybridized carbons (Fsp3) is 0.688. The Morgan fingerprint density at radius 1 is 0.864 bits per heavy atom. The number of aromatic nitrogens is 2. The van der Waals surface area contributed by atoms with E-state index < -0.39 is 0 Å². The predicted molar refractivity (Wildman–Crippen MR) is 85.0 cm³/mol. The molecule has 0 unspecified atom stereocenters. The molecule has 22 heavy (non-hydrogen) atoms. The van der Waals surface area contributed by atoms with E-state index in [9.17, 15) is 4.79 Å². The van der Waals surface area contributed by atoms with Gasteiger partial charge in [-0.3, -0.25) is 4.79 Å². The maximum atomic E-state index is 12.1. The number of anilines is 2. The van der Waals surface area contributed by atoms with Crippen molar-refractivity contribution < 1.29 is 4.79 Å². The highest BCUT2D eigenvalue weighted by Crippen LogP contribution is 2.31. The van der Waals surface area contributed by atoms with E-state index in [2.05, 4.69) is 32.1 Å². The Morgan fingerprint density at radius 2 is 1.41 bits per heavy atom. The Morgan fingerprint density at radius 3 is 1.91 bits per heavy atom. The van der Waals surface area contributed by atoms with E-state index in [0.29, 0.717) is 11.8 Å². The highest BCUT2D eigenvalue weighted by molar-refractivity contribution is 5.81. The molecule has 0 atom stereocenters. The van der Waals surface area contributed by atoms with E-state index in [1.807, 2.05) is 4.90 Å². The molecule has 0 bridgehead atoms. The van der Waals surface area contributed by atoms with Gasteiger partial charge in [-0.15, -0.1) is 10.2 Å². The number of rotatable bonds is 3. The van der Waals surface area contributed by atoms with Gasteiger partial charge in [-0.25, -0.2) is 0 Å². The Labute approximate surface area is 131 Å². The topological polar surface area (TPSA) is 52.6 Å². The van der Waals surface area contributed by atoms with Gasteiger partial charge in [0.05, 0.1) is 0 Å². The number of carbonyl (C=O) groups excluding carboxylic acids is 1. The van der Waals surface area contributed by atoms with E-state index in [4.69, 9.17) is 0 Å². The van der Waals surface area contributed by atoms with E-state index >= 15 is 0 Å². The van der Waals surface area contributed by atoms with Crippen molar-refractivity contribution in [2.24, 2.45) is 5.92 Å². The lowest BCUT2D eigenvalue weighted by molar-refractivity contribution is -0.132. The smallest absolute Gasteiger partial charge is 0.225 e. The van der Waals surface area contributed by atoms with Crippen LogP contribution in [0.5, 0.6) is 0 Å². The molecule has 3 heterocycles. The van der Waals surface area contributed by atoms with Crippen LogP contribution in [0.1, 0.15) is 25.7 Å². The summed E-state index contributed by atoms with van der Waals surface area (Å²) >= 11 is 0. The van der Waals surface area contributed by atoms with E-state index in [1.54, 1.807) is 0 Å². The summed E-state index contributed by atoms with van der Waals surface area (Å²) in [6, 6.07) is 4.15. The molecule has 3 fully saturated rings. The van der Waals surface area contributed by atoms with Crippen LogP contribution in [0.25, 0.3) is 0 Å². The van der Waals surface area contributed by atoms with Gasteiger partial charge in [0.25, 0.3) is 0 Å². The van der Waals surface area contributed by atoms with Crippen LogP contribution < -0.4 is 9.80 Å². The van der Waals surface area contributed by atoms with Gasteiger partial charge in [0.2, 0.25) is 5.91 Å². The number of amides is 1. The maximum Gasteiger partial charge on any atom is 0.225 e. The van der Waals surface area contributed by atoms with E-state index in [1.165, 1.54) is 12.8 Å².